The van der Waals surface area contributed by atoms with Crippen molar-refractivity contribution in [3.8, 4) is 5.75 Å². The zero-order chi connectivity index (χ0) is 9.97. The maximum absolute atomic E-state index is 10.8. The van der Waals surface area contributed by atoms with Crippen LogP contribution in [0.2, 0.25) is 0 Å². The lowest BCUT2D eigenvalue weighted by Gasteiger charge is -2.11. The first-order valence-electron chi connectivity index (χ1n) is 5.07. The summed E-state index contributed by atoms with van der Waals surface area (Å²) in [5.41, 5.74) is 1.88. The van der Waals surface area contributed by atoms with Gasteiger partial charge in [-0.1, -0.05) is 12.1 Å². The van der Waals surface area contributed by atoms with Gasteiger partial charge in [-0.3, -0.25) is 4.79 Å². The standard InChI is InChI=1S/C12H14O2/c1-2-14-12-10(8-13)4-3-5-11(12)9-6-7-9/h3-5,8-9H,2,6-7H2,1H3. The van der Waals surface area contributed by atoms with Gasteiger partial charge in [0.2, 0.25) is 0 Å². The van der Waals surface area contributed by atoms with Crippen LogP contribution in [0.4, 0.5) is 0 Å². The number of carbonyl (C=O) groups excluding carboxylic acids is 1. The van der Waals surface area contributed by atoms with Gasteiger partial charge in [-0.2, -0.15) is 0 Å². The van der Waals surface area contributed by atoms with Crippen LogP contribution in [0.3, 0.4) is 0 Å². The maximum Gasteiger partial charge on any atom is 0.153 e. The Bertz CT molecular complexity index is 340. The summed E-state index contributed by atoms with van der Waals surface area (Å²) in [4.78, 5) is 10.8. The molecule has 14 heavy (non-hydrogen) atoms. The highest BCUT2D eigenvalue weighted by molar-refractivity contribution is 5.80. The van der Waals surface area contributed by atoms with Crippen molar-refractivity contribution in [3.05, 3.63) is 29.3 Å². The van der Waals surface area contributed by atoms with E-state index in [1.165, 1.54) is 18.4 Å². The summed E-state index contributed by atoms with van der Waals surface area (Å²) in [6, 6.07) is 5.80. The van der Waals surface area contributed by atoms with Gasteiger partial charge in [-0.05, 0) is 37.3 Å². The predicted octanol–water partition coefficient (Wildman–Crippen LogP) is 2.78. The second kappa shape index (κ2) is 3.82. The number of carbonyl (C=O) groups is 1. The number of para-hydroxylation sites is 1. The third-order valence-corrected chi connectivity index (χ3v) is 2.51. The van der Waals surface area contributed by atoms with Crippen molar-refractivity contribution in [1.29, 1.82) is 0 Å². The summed E-state index contributed by atoms with van der Waals surface area (Å²) < 4.78 is 5.53. The SMILES string of the molecule is CCOc1c(C=O)cccc1C1CC1. The normalized spacial score (nSPS) is 15.2. The second-order valence-electron chi connectivity index (χ2n) is 3.59. The summed E-state index contributed by atoms with van der Waals surface area (Å²) in [6.07, 6.45) is 3.32. The van der Waals surface area contributed by atoms with E-state index in [0.717, 1.165) is 12.0 Å². The molecule has 0 radical (unpaired) electrons. The molecule has 1 saturated carbocycles. The molecule has 1 aliphatic rings. The van der Waals surface area contributed by atoms with Crippen LogP contribution in [0.15, 0.2) is 18.2 Å². The number of ether oxygens (including phenoxy) is 1. The molecule has 1 aliphatic carbocycles. The van der Waals surface area contributed by atoms with E-state index < -0.39 is 0 Å². The summed E-state index contributed by atoms with van der Waals surface area (Å²) >= 11 is 0. The van der Waals surface area contributed by atoms with E-state index in [9.17, 15) is 4.79 Å². The minimum absolute atomic E-state index is 0.616. The fraction of sp³-hybridized carbons (Fsp3) is 0.417. The number of aldehydes is 1. The molecule has 0 N–H and O–H groups in total. The molecule has 0 amide bonds. The summed E-state index contributed by atoms with van der Waals surface area (Å²) in [5, 5.41) is 0. The Balaban J connectivity index is 2.40. The molecular formula is C12H14O2. The van der Waals surface area contributed by atoms with Crippen molar-refractivity contribution in [3.63, 3.8) is 0 Å². The first-order chi connectivity index (χ1) is 6.86. The number of hydrogen-bond donors (Lipinski definition) is 0. The molecule has 0 saturated heterocycles. The minimum atomic E-state index is 0.616. The van der Waals surface area contributed by atoms with Crippen LogP contribution < -0.4 is 4.74 Å². The molecule has 2 heteroatoms. The van der Waals surface area contributed by atoms with Gasteiger partial charge in [0.1, 0.15) is 5.75 Å². The zero-order valence-electron chi connectivity index (χ0n) is 8.32. The van der Waals surface area contributed by atoms with Crippen LogP contribution in [0.25, 0.3) is 0 Å². The van der Waals surface area contributed by atoms with Crippen LogP contribution in [-0.2, 0) is 0 Å². The minimum Gasteiger partial charge on any atom is -0.493 e. The lowest BCUT2D eigenvalue weighted by atomic mass is 10.1. The lowest BCUT2D eigenvalue weighted by Crippen LogP contribution is -1.99. The van der Waals surface area contributed by atoms with Gasteiger partial charge in [0.25, 0.3) is 0 Å². The molecule has 0 atom stereocenters. The third-order valence-electron chi connectivity index (χ3n) is 2.51. The summed E-state index contributed by atoms with van der Waals surface area (Å²) in [6.45, 7) is 2.56. The molecule has 1 aromatic rings. The molecule has 0 heterocycles. The molecule has 2 rings (SSSR count). The Morgan fingerprint density at radius 2 is 2.29 bits per heavy atom. The van der Waals surface area contributed by atoms with Crippen molar-refractivity contribution < 1.29 is 9.53 Å². The Morgan fingerprint density at radius 1 is 1.50 bits per heavy atom. The molecule has 0 bridgehead atoms. The Labute approximate surface area is 83.9 Å². The average molecular weight is 190 g/mol. The molecule has 2 nitrogen and oxygen atoms in total. The average Bonchev–Trinajstić information content (AvgIpc) is 3.02. The van der Waals surface area contributed by atoms with Crippen molar-refractivity contribution in [1.82, 2.24) is 0 Å². The van der Waals surface area contributed by atoms with Crippen molar-refractivity contribution in [2.24, 2.45) is 0 Å². The molecule has 74 valence electrons. The fourth-order valence-corrected chi connectivity index (χ4v) is 1.69. The first-order valence-corrected chi connectivity index (χ1v) is 5.07. The molecule has 1 aromatic carbocycles. The first kappa shape index (κ1) is 9.25. The van der Waals surface area contributed by atoms with Crippen LogP contribution in [-0.4, -0.2) is 12.9 Å². The van der Waals surface area contributed by atoms with Gasteiger partial charge in [0, 0.05) is 0 Å². The predicted molar refractivity (Wildman–Crippen MR) is 55.0 cm³/mol. The lowest BCUT2D eigenvalue weighted by molar-refractivity contribution is 0.111. The number of benzene rings is 1. The topological polar surface area (TPSA) is 26.3 Å². The van der Waals surface area contributed by atoms with Crippen LogP contribution in [0.5, 0.6) is 5.75 Å². The molecule has 0 unspecified atom stereocenters. The zero-order valence-corrected chi connectivity index (χ0v) is 8.32. The maximum atomic E-state index is 10.8. The molecular weight excluding hydrogens is 176 g/mol. The molecule has 0 spiro atoms. The van der Waals surface area contributed by atoms with Crippen molar-refractivity contribution in [2.45, 2.75) is 25.7 Å². The number of rotatable bonds is 4. The molecule has 0 aliphatic heterocycles. The molecule has 1 fully saturated rings. The van der Waals surface area contributed by atoms with Crippen molar-refractivity contribution in [2.75, 3.05) is 6.61 Å². The van der Waals surface area contributed by atoms with E-state index in [0.29, 0.717) is 18.1 Å². The van der Waals surface area contributed by atoms with Gasteiger partial charge in [0.05, 0.1) is 12.2 Å². The monoisotopic (exact) mass is 190 g/mol. The van der Waals surface area contributed by atoms with E-state index in [4.69, 9.17) is 4.74 Å². The third kappa shape index (κ3) is 1.65. The van der Waals surface area contributed by atoms with Crippen molar-refractivity contribution >= 4 is 6.29 Å². The Hall–Kier alpha value is -1.31. The van der Waals surface area contributed by atoms with E-state index in [2.05, 4.69) is 6.07 Å². The highest BCUT2D eigenvalue weighted by Gasteiger charge is 2.27. The van der Waals surface area contributed by atoms with Crippen LogP contribution in [0.1, 0.15) is 41.6 Å². The van der Waals surface area contributed by atoms with E-state index in [-0.39, 0.29) is 0 Å². The second-order valence-corrected chi connectivity index (χ2v) is 3.59. The van der Waals surface area contributed by atoms with E-state index >= 15 is 0 Å². The Kier molecular flexibility index (Phi) is 2.53. The van der Waals surface area contributed by atoms with Gasteiger partial charge >= 0.3 is 0 Å². The van der Waals surface area contributed by atoms with E-state index in [1.54, 1.807) is 0 Å². The highest BCUT2D eigenvalue weighted by Crippen LogP contribution is 2.45. The summed E-state index contributed by atoms with van der Waals surface area (Å²) in [5.74, 6) is 1.42. The van der Waals surface area contributed by atoms with Crippen LogP contribution >= 0.6 is 0 Å². The molecule has 0 aromatic heterocycles. The van der Waals surface area contributed by atoms with Gasteiger partial charge in [-0.15, -0.1) is 0 Å². The van der Waals surface area contributed by atoms with Gasteiger partial charge < -0.3 is 4.74 Å². The highest BCUT2D eigenvalue weighted by atomic mass is 16.5. The van der Waals surface area contributed by atoms with E-state index in [1.807, 2.05) is 19.1 Å². The smallest absolute Gasteiger partial charge is 0.153 e. The van der Waals surface area contributed by atoms with Gasteiger partial charge in [0.15, 0.2) is 6.29 Å². The largest absolute Gasteiger partial charge is 0.493 e. The quantitative estimate of drug-likeness (QED) is 0.682. The Morgan fingerprint density at radius 3 is 2.86 bits per heavy atom. The van der Waals surface area contributed by atoms with Crippen LogP contribution in [0, 0.1) is 0 Å². The number of hydrogen-bond acceptors (Lipinski definition) is 2. The van der Waals surface area contributed by atoms with Gasteiger partial charge in [-0.25, -0.2) is 0 Å². The summed E-state index contributed by atoms with van der Waals surface area (Å²) in [7, 11) is 0. The fourth-order valence-electron chi connectivity index (χ4n) is 1.69.